The average molecular weight is 568 g/mol. The number of amides is 2. The summed E-state index contributed by atoms with van der Waals surface area (Å²) >= 11 is 5.82. The predicted molar refractivity (Wildman–Crippen MR) is 133 cm³/mol. The predicted octanol–water partition coefficient (Wildman–Crippen LogP) is 4.80. The quantitative estimate of drug-likeness (QED) is 0.164. The van der Waals surface area contributed by atoms with Crippen LogP contribution < -0.4 is 20.2 Å². The van der Waals surface area contributed by atoms with Crippen LogP contribution in [0.15, 0.2) is 58.0 Å². The van der Waals surface area contributed by atoms with E-state index in [-0.39, 0.29) is 23.1 Å². The van der Waals surface area contributed by atoms with Crippen LogP contribution in [0.4, 0.5) is 18.9 Å². The number of carbonyl (C=O) groups excluding carboxylic acids is 3. The van der Waals surface area contributed by atoms with Crippen LogP contribution in [0.1, 0.15) is 34.4 Å². The first-order valence-electron chi connectivity index (χ1n) is 11.1. The Labute approximate surface area is 224 Å². The van der Waals surface area contributed by atoms with Crippen molar-refractivity contribution in [1.82, 2.24) is 5.43 Å². The van der Waals surface area contributed by atoms with Gasteiger partial charge in [-0.2, -0.15) is 18.3 Å². The zero-order valence-electron chi connectivity index (χ0n) is 20.4. The number of nitrogens with zero attached hydrogens (tertiary/aromatic N) is 1. The lowest BCUT2D eigenvalue weighted by Crippen LogP contribution is -2.32. The zero-order chi connectivity index (χ0) is 28.6. The normalized spacial score (nSPS) is 11.2. The molecule has 0 saturated heterocycles. The van der Waals surface area contributed by atoms with Crippen molar-refractivity contribution in [2.45, 2.75) is 19.7 Å². The van der Waals surface area contributed by atoms with E-state index in [2.05, 4.69) is 9.84 Å². The molecule has 10 nitrogen and oxygen atoms in total. The highest BCUT2D eigenvalue weighted by Crippen LogP contribution is 2.34. The third kappa shape index (κ3) is 7.98. The number of carbonyl (C=O) groups is 3. The number of halogens is 4. The fourth-order valence-corrected chi connectivity index (χ4v) is 3.16. The first-order valence-corrected chi connectivity index (χ1v) is 11.5. The topological polar surface area (TPSA) is 128 Å². The molecule has 39 heavy (non-hydrogen) atoms. The second-order valence-corrected chi connectivity index (χ2v) is 7.94. The Morgan fingerprint density at radius 1 is 1.03 bits per heavy atom. The number of alkyl halides is 3. The van der Waals surface area contributed by atoms with E-state index in [4.69, 9.17) is 25.5 Å². The number of hydrogen-bond acceptors (Lipinski definition) is 8. The molecule has 2 aromatic carbocycles. The van der Waals surface area contributed by atoms with Gasteiger partial charge in [0.1, 0.15) is 12.4 Å². The van der Waals surface area contributed by atoms with Gasteiger partial charge < -0.3 is 23.9 Å². The molecule has 0 aliphatic rings. The highest BCUT2D eigenvalue weighted by molar-refractivity contribution is 6.41. The van der Waals surface area contributed by atoms with Gasteiger partial charge >= 0.3 is 24.0 Å². The van der Waals surface area contributed by atoms with Crippen molar-refractivity contribution in [1.29, 1.82) is 0 Å². The molecule has 0 aliphatic carbocycles. The van der Waals surface area contributed by atoms with Crippen LogP contribution in [0.2, 0.25) is 5.02 Å². The molecular formula is C25H21ClF3N3O7. The second kappa shape index (κ2) is 12.8. The van der Waals surface area contributed by atoms with Crippen LogP contribution in [0.3, 0.4) is 0 Å². The SMILES string of the molecule is CCOc1cc(C=NNC(=O)C(=O)Nc2cc(C(F)(F)F)ccc2Cl)ccc1OCc1ccc(C(=O)OC)o1. The largest absolute Gasteiger partial charge is 0.490 e. The maximum absolute atomic E-state index is 12.9. The Kier molecular flexibility index (Phi) is 9.55. The molecule has 2 N–H and O–H groups in total. The van der Waals surface area contributed by atoms with Crippen molar-refractivity contribution in [2.75, 3.05) is 19.0 Å². The molecule has 0 fully saturated rings. The van der Waals surface area contributed by atoms with E-state index in [9.17, 15) is 27.6 Å². The van der Waals surface area contributed by atoms with Crippen LogP contribution >= 0.6 is 11.6 Å². The van der Waals surface area contributed by atoms with Crippen molar-refractivity contribution in [3.8, 4) is 11.5 Å². The zero-order valence-corrected chi connectivity index (χ0v) is 21.2. The number of hydrogen-bond donors (Lipinski definition) is 2. The Morgan fingerprint density at radius 3 is 2.49 bits per heavy atom. The summed E-state index contributed by atoms with van der Waals surface area (Å²) in [5.74, 6) is -2.05. The van der Waals surface area contributed by atoms with Gasteiger partial charge in [0.2, 0.25) is 5.76 Å². The first-order chi connectivity index (χ1) is 18.5. The molecule has 206 valence electrons. The maximum Gasteiger partial charge on any atom is 0.416 e. The summed E-state index contributed by atoms with van der Waals surface area (Å²) in [7, 11) is 1.23. The molecule has 0 radical (unpaired) electrons. The monoisotopic (exact) mass is 567 g/mol. The number of anilines is 1. The number of benzene rings is 2. The third-order valence-electron chi connectivity index (χ3n) is 4.81. The van der Waals surface area contributed by atoms with E-state index in [1.807, 2.05) is 10.7 Å². The number of ether oxygens (including phenoxy) is 3. The minimum Gasteiger partial charge on any atom is -0.490 e. The fourth-order valence-electron chi connectivity index (χ4n) is 3.00. The third-order valence-corrected chi connectivity index (χ3v) is 5.14. The van der Waals surface area contributed by atoms with Crippen LogP contribution in [0, 0.1) is 0 Å². The number of furan rings is 1. The summed E-state index contributed by atoms with van der Waals surface area (Å²) in [5, 5.41) is 5.51. The van der Waals surface area contributed by atoms with Crippen LogP contribution in [0.5, 0.6) is 11.5 Å². The number of nitrogens with one attached hydrogen (secondary N) is 2. The standard InChI is InChI=1S/C25H21ClF3N3O7/c1-3-37-21-10-14(4-8-19(21)38-13-16-6-9-20(39-16)24(35)36-2)12-30-32-23(34)22(33)31-18-11-15(25(27,28)29)5-7-17(18)26/h4-12H,3,13H2,1-2H3,(H,31,33)(H,32,34). The van der Waals surface area contributed by atoms with E-state index in [0.29, 0.717) is 35.5 Å². The average Bonchev–Trinajstić information content (AvgIpc) is 3.37. The second-order valence-electron chi connectivity index (χ2n) is 7.53. The number of esters is 1. The molecule has 14 heteroatoms. The molecular weight excluding hydrogens is 547 g/mol. The van der Waals surface area contributed by atoms with Gasteiger partial charge in [0.05, 0.1) is 36.2 Å². The molecule has 0 atom stereocenters. The van der Waals surface area contributed by atoms with Gasteiger partial charge in [-0.3, -0.25) is 9.59 Å². The van der Waals surface area contributed by atoms with E-state index in [1.54, 1.807) is 31.2 Å². The summed E-state index contributed by atoms with van der Waals surface area (Å²) in [6, 6.07) is 10.0. The number of methoxy groups -OCH3 is 1. The summed E-state index contributed by atoms with van der Waals surface area (Å²) in [6.45, 7) is 2.06. The van der Waals surface area contributed by atoms with Crippen LogP contribution in [0.25, 0.3) is 0 Å². The van der Waals surface area contributed by atoms with E-state index in [1.165, 1.54) is 19.4 Å². The maximum atomic E-state index is 12.9. The number of rotatable bonds is 9. The molecule has 0 aliphatic heterocycles. The highest BCUT2D eigenvalue weighted by atomic mass is 35.5. The molecule has 2 amide bonds. The molecule has 0 spiro atoms. The van der Waals surface area contributed by atoms with Gasteiger partial charge in [0.25, 0.3) is 0 Å². The van der Waals surface area contributed by atoms with Crippen LogP contribution in [-0.2, 0) is 27.1 Å². The van der Waals surface area contributed by atoms with Crippen LogP contribution in [-0.4, -0.2) is 37.7 Å². The highest BCUT2D eigenvalue weighted by Gasteiger charge is 2.31. The molecule has 3 aromatic rings. The lowest BCUT2D eigenvalue weighted by molar-refractivity contribution is -0.137. The summed E-state index contributed by atoms with van der Waals surface area (Å²) < 4.78 is 59.9. The summed E-state index contributed by atoms with van der Waals surface area (Å²) in [6.07, 6.45) is -3.45. The Bertz CT molecular complexity index is 1390. The van der Waals surface area contributed by atoms with Gasteiger partial charge in [-0.05, 0) is 61.0 Å². The Hall–Kier alpha value is -4.52. The first kappa shape index (κ1) is 29.0. The number of hydrazone groups is 1. The van der Waals surface area contributed by atoms with Crippen molar-refractivity contribution in [3.05, 3.63) is 76.2 Å². The van der Waals surface area contributed by atoms with Crippen molar-refractivity contribution < 1.29 is 46.2 Å². The summed E-state index contributed by atoms with van der Waals surface area (Å²) in [5.41, 5.74) is 0.999. The summed E-state index contributed by atoms with van der Waals surface area (Å²) in [4.78, 5) is 35.6. The Balaban J connectivity index is 1.61. The fraction of sp³-hybridized carbons (Fsp3) is 0.200. The van der Waals surface area contributed by atoms with Gasteiger partial charge in [0, 0.05) is 0 Å². The Morgan fingerprint density at radius 2 is 1.79 bits per heavy atom. The smallest absolute Gasteiger partial charge is 0.416 e. The van der Waals surface area contributed by atoms with Gasteiger partial charge in [-0.1, -0.05) is 11.6 Å². The van der Waals surface area contributed by atoms with E-state index in [0.717, 1.165) is 12.1 Å². The van der Waals surface area contributed by atoms with Crippen molar-refractivity contribution in [2.24, 2.45) is 5.10 Å². The van der Waals surface area contributed by atoms with Gasteiger partial charge in [-0.25, -0.2) is 10.2 Å². The van der Waals surface area contributed by atoms with Crippen molar-refractivity contribution in [3.63, 3.8) is 0 Å². The molecule has 3 rings (SSSR count). The van der Waals surface area contributed by atoms with Crippen molar-refractivity contribution >= 4 is 41.3 Å². The molecule has 0 bridgehead atoms. The van der Waals surface area contributed by atoms with E-state index < -0.39 is 29.5 Å². The molecule has 0 unspecified atom stereocenters. The molecule has 1 aromatic heterocycles. The minimum atomic E-state index is -4.66. The molecule has 0 saturated carbocycles. The molecule has 1 heterocycles. The minimum absolute atomic E-state index is 0.00836. The van der Waals surface area contributed by atoms with Gasteiger partial charge in [-0.15, -0.1) is 0 Å². The lowest BCUT2D eigenvalue weighted by Gasteiger charge is -2.12. The van der Waals surface area contributed by atoms with E-state index >= 15 is 0 Å². The van der Waals surface area contributed by atoms with Gasteiger partial charge in [0.15, 0.2) is 11.5 Å². The lowest BCUT2D eigenvalue weighted by atomic mass is 10.2.